The number of aryl methyl sites for hydroxylation is 1. The number of carbonyl (C=O) groups is 1. The van der Waals surface area contributed by atoms with Crippen LogP contribution in [0.2, 0.25) is 0 Å². The number of fused-ring (bicyclic) bond motifs is 1. The second kappa shape index (κ2) is 9.36. The van der Waals surface area contributed by atoms with Crippen molar-refractivity contribution < 1.29 is 18.3 Å². The lowest BCUT2D eigenvalue weighted by atomic mass is 10.1. The zero-order valence-corrected chi connectivity index (χ0v) is 19.6. The highest BCUT2D eigenvalue weighted by molar-refractivity contribution is 7.92. The van der Waals surface area contributed by atoms with Gasteiger partial charge in [0, 0.05) is 37.3 Å². The van der Waals surface area contributed by atoms with Crippen LogP contribution in [0.1, 0.15) is 29.3 Å². The molecule has 1 aliphatic rings. The van der Waals surface area contributed by atoms with Crippen molar-refractivity contribution in [3.05, 3.63) is 59.7 Å². The van der Waals surface area contributed by atoms with E-state index in [1.54, 1.807) is 30.3 Å². The number of hydrogen-bond acceptors (Lipinski definition) is 6. The van der Waals surface area contributed by atoms with Crippen molar-refractivity contribution in [3.8, 4) is 0 Å². The van der Waals surface area contributed by atoms with E-state index in [-0.39, 0.29) is 16.1 Å². The summed E-state index contributed by atoms with van der Waals surface area (Å²) < 4.78 is 28.1. The Balaban J connectivity index is 1.65. The molecular formula is C24H28N4O4S. The van der Waals surface area contributed by atoms with E-state index in [0.29, 0.717) is 16.7 Å². The molecular weight excluding hydrogens is 440 g/mol. The quantitative estimate of drug-likeness (QED) is 0.546. The summed E-state index contributed by atoms with van der Waals surface area (Å²) in [7, 11) is -3.80. The number of anilines is 2. The largest absolute Gasteiger partial charge is 0.478 e. The van der Waals surface area contributed by atoms with Gasteiger partial charge in [0.05, 0.1) is 16.0 Å². The van der Waals surface area contributed by atoms with Gasteiger partial charge < -0.3 is 10.0 Å². The molecule has 2 N–H and O–H groups in total. The molecule has 174 valence electrons. The minimum Gasteiger partial charge on any atom is -0.478 e. The Kier molecular flexibility index (Phi) is 6.53. The molecule has 0 unspecified atom stereocenters. The third-order valence-electron chi connectivity index (χ3n) is 5.81. The second-order valence-corrected chi connectivity index (χ2v) is 10.00. The Morgan fingerprint density at radius 3 is 2.52 bits per heavy atom. The molecule has 9 heteroatoms. The van der Waals surface area contributed by atoms with Crippen LogP contribution in [0.4, 0.5) is 11.5 Å². The molecule has 0 radical (unpaired) electrons. The van der Waals surface area contributed by atoms with Crippen molar-refractivity contribution >= 4 is 38.4 Å². The van der Waals surface area contributed by atoms with Gasteiger partial charge in [-0.3, -0.25) is 9.62 Å². The van der Waals surface area contributed by atoms with Crippen molar-refractivity contribution in [3.63, 3.8) is 0 Å². The number of nitrogens with zero attached hydrogens (tertiary/aromatic N) is 3. The molecule has 0 saturated carbocycles. The van der Waals surface area contributed by atoms with E-state index < -0.39 is 16.0 Å². The van der Waals surface area contributed by atoms with Gasteiger partial charge in [0.15, 0.2) is 0 Å². The van der Waals surface area contributed by atoms with Gasteiger partial charge in [-0.05, 0) is 61.9 Å². The molecule has 8 nitrogen and oxygen atoms in total. The molecule has 1 aromatic heterocycles. The van der Waals surface area contributed by atoms with Gasteiger partial charge in [-0.1, -0.05) is 19.1 Å². The number of carboxylic acid groups (broad SMARTS) is 1. The van der Waals surface area contributed by atoms with Gasteiger partial charge in [-0.25, -0.2) is 18.2 Å². The number of piperazine rings is 1. The van der Waals surface area contributed by atoms with Gasteiger partial charge in [-0.2, -0.15) is 0 Å². The van der Waals surface area contributed by atoms with E-state index >= 15 is 0 Å². The van der Waals surface area contributed by atoms with E-state index in [2.05, 4.69) is 26.4 Å². The predicted octanol–water partition coefficient (Wildman–Crippen LogP) is 3.57. The second-order valence-electron chi connectivity index (χ2n) is 8.32. The first kappa shape index (κ1) is 23.0. The molecule has 3 aromatic rings. The highest BCUT2D eigenvalue weighted by atomic mass is 32.2. The lowest BCUT2D eigenvalue weighted by Gasteiger charge is -2.35. The Morgan fingerprint density at radius 1 is 1.09 bits per heavy atom. The first-order chi connectivity index (χ1) is 15.8. The number of aromatic carboxylic acids is 1. The highest BCUT2D eigenvalue weighted by Crippen LogP contribution is 2.28. The first-order valence-electron chi connectivity index (χ1n) is 11.0. The predicted molar refractivity (Wildman–Crippen MR) is 130 cm³/mol. The SMILES string of the molecule is CCCN1CCN(c2cc(C(=O)O)c3cc(NS(=O)(=O)c4cccc(C)c4)ccc3n2)CC1. The van der Waals surface area contributed by atoms with Crippen molar-refractivity contribution in [2.45, 2.75) is 25.2 Å². The first-order valence-corrected chi connectivity index (χ1v) is 12.5. The van der Waals surface area contributed by atoms with Crippen molar-refractivity contribution in [1.82, 2.24) is 9.88 Å². The van der Waals surface area contributed by atoms with Gasteiger partial charge in [0.25, 0.3) is 10.0 Å². The van der Waals surface area contributed by atoms with Crippen LogP contribution in [0, 0.1) is 6.92 Å². The molecule has 0 atom stereocenters. The maximum Gasteiger partial charge on any atom is 0.336 e. The minimum absolute atomic E-state index is 0.0996. The molecule has 33 heavy (non-hydrogen) atoms. The fourth-order valence-corrected chi connectivity index (χ4v) is 5.28. The van der Waals surface area contributed by atoms with E-state index in [9.17, 15) is 18.3 Å². The molecule has 0 aliphatic carbocycles. The van der Waals surface area contributed by atoms with Crippen LogP contribution in [0.5, 0.6) is 0 Å². The molecule has 0 amide bonds. The summed E-state index contributed by atoms with van der Waals surface area (Å²) in [6.07, 6.45) is 1.10. The van der Waals surface area contributed by atoms with Gasteiger partial charge in [0.2, 0.25) is 0 Å². The van der Waals surface area contributed by atoms with Crippen LogP contribution in [0.3, 0.4) is 0 Å². The van der Waals surface area contributed by atoms with Crippen molar-refractivity contribution in [1.29, 1.82) is 0 Å². The smallest absolute Gasteiger partial charge is 0.336 e. The summed E-state index contributed by atoms with van der Waals surface area (Å²) in [5.74, 6) is -0.448. The highest BCUT2D eigenvalue weighted by Gasteiger charge is 2.21. The molecule has 0 bridgehead atoms. The van der Waals surface area contributed by atoms with E-state index in [0.717, 1.165) is 44.7 Å². The lowest BCUT2D eigenvalue weighted by molar-refractivity contribution is 0.0699. The number of hydrogen-bond donors (Lipinski definition) is 2. The Hall–Kier alpha value is -3.17. The zero-order valence-electron chi connectivity index (χ0n) is 18.8. The van der Waals surface area contributed by atoms with Crippen LogP contribution >= 0.6 is 0 Å². The minimum atomic E-state index is -3.80. The van der Waals surface area contributed by atoms with Gasteiger partial charge in [0.1, 0.15) is 5.82 Å². The van der Waals surface area contributed by atoms with Crippen LogP contribution in [-0.2, 0) is 10.0 Å². The average molecular weight is 469 g/mol. The molecule has 1 saturated heterocycles. The molecule has 2 heterocycles. The van der Waals surface area contributed by atoms with Crippen molar-refractivity contribution in [2.75, 3.05) is 42.3 Å². The number of benzene rings is 2. The molecule has 2 aromatic carbocycles. The van der Waals surface area contributed by atoms with Crippen LogP contribution < -0.4 is 9.62 Å². The molecule has 4 rings (SSSR count). The number of pyridine rings is 1. The zero-order chi connectivity index (χ0) is 23.6. The van der Waals surface area contributed by atoms with Gasteiger partial charge >= 0.3 is 5.97 Å². The van der Waals surface area contributed by atoms with E-state index in [1.807, 2.05) is 13.0 Å². The molecule has 1 fully saturated rings. The van der Waals surface area contributed by atoms with Crippen molar-refractivity contribution in [2.24, 2.45) is 0 Å². The number of nitrogens with one attached hydrogen (secondary N) is 1. The number of aromatic nitrogens is 1. The summed E-state index contributed by atoms with van der Waals surface area (Å²) in [6.45, 7) is 8.43. The summed E-state index contributed by atoms with van der Waals surface area (Å²) in [5, 5.41) is 10.2. The topological polar surface area (TPSA) is 103 Å². The van der Waals surface area contributed by atoms with E-state index in [1.165, 1.54) is 12.1 Å². The third-order valence-corrected chi connectivity index (χ3v) is 7.19. The fourth-order valence-electron chi connectivity index (χ4n) is 4.13. The number of carboxylic acids is 1. The molecule has 0 spiro atoms. The lowest BCUT2D eigenvalue weighted by Crippen LogP contribution is -2.46. The summed E-state index contributed by atoms with van der Waals surface area (Å²) >= 11 is 0. The number of rotatable bonds is 7. The monoisotopic (exact) mass is 468 g/mol. The maximum atomic E-state index is 12.8. The third kappa shape index (κ3) is 5.09. The summed E-state index contributed by atoms with van der Waals surface area (Å²) in [4.78, 5) is 21.4. The van der Waals surface area contributed by atoms with E-state index in [4.69, 9.17) is 0 Å². The standard InChI is InChI=1S/C24H28N4O4S/c1-3-9-27-10-12-28(13-11-27)23-16-21(24(29)30)20-15-18(7-8-22(20)25-23)26-33(31,32)19-6-4-5-17(2)14-19/h4-8,14-16,26H,3,9-13H2,1-2H3,(H,29,30). The Labute approximate surface area is 193 Å². The number of sulfonamides is 1. The normalized spacial score (nSPS) is 15.0. The molecule has 1 aliphatic heterocycles. The van der Waals surface area contributed by atoms with Gasteiger partial charge in [-0.15, -0.1) is 0 Å². The summed E-state index contributed by atoms with van der Waals surface area (Å²) in [6, 6.07) is 13.0. The Morgan fingerprint density at radius 2 is 1.85 bits per heavy atom. The fraction of sp³-hybridized carbons (Fsp3) is 0.333. The van der Waals surface area contributed by atoms with Crippen LogP contribution in [0.15, 0.2) is 53.4 Å². The average Bonchev–Trinajstić information content (AvgIpc) is 2.79. The Bertz CT molecular complexity index is 1280. The van der Waals surface area contributed by atoms with Crippen LogP contribution in [-0.4, -0.2) is 62.1 Å². The van der Waals surface area contributed by atoms with Crippen LogP contribution in [0.25, 0.3) is 10.9 Å². The maximum absolute atomic E-state index is 12.8. The summed E-state index contributed by atoms with van der Waals surface area (Å²) in [5.41, 5.74) is 1.73.